The first kappa shape index (κ1) is 15.5. The molecule has 0 spiro atoms. The molecule has 5 nitrogen and oxygen atoms in total. The van der Waals surface area contributed by atoms with E-state index < -0.39 is 5.82 Å². The number of benzene rings is 1. The predicted molar refractivity (Wildman–Crippen MR) is 80.2 cm³/mol. The van der Waals surface area contributed by atoms with Crippen LogP contribution in [0.2, 0.25) is 5.02 Å². The van der Waals surface area contributed by atoms with E-state index in [-0.39, 0.29) is 10.9 Å². The minimum absolute atomic E-state index is 0.0135. The topological polar surface area (TPSA) is 73.1 Å². The van der Waals surface area contributed by atoms with Crippen molar-refractivity contribution < 1.29 is 9.13 Å². The lowest BCUT2D eigenvalue weighted by Crippen LogP contribution is -2.13. The second kappa shape index (κ2) is 6.24. The van der Waals surface area contributed by atoms with Crippen molar-refractivity contribution in [3.8, 4) is 11.6 Å². The molecule has 1 heterocycles. The summed E-state index contributed by atoms with van der Waals surface area (Å²) in [5.41, 5.74) is 3.17. The van der Waals surface area contributed by atoms with Crippen LogP contribution in [0.4, 0.5) is 10.2 Å². The molecule has 0 unspecified atom stereocenters. The number of nitrogens with two attached hydrogens (primary N) is 1. The first-order valence-electron chi connectivity index (χ1n) is 6.40. The van der Waals surface area contributed by atoms with E-state index >= 15 is 0 Å². The van der Waals surface area contributed by atoms with Gasteiger partial charge in [0.25, 0.3) is 0 Å². The Hall–Kier alpha value is -1.92. The Balaban J connectivity index is 2.42. The van der Waals surface area contributed by atoms with Gasteiger partial charge in [-0.2, -0.15) is 4.98 Å². The summed E-state index contributed by atoms with van der Waals surface area (Å²) >= 11 is 5.74. The summed E-state index contributed by atoms with van der Waals surface area (Å²) < 4.78 is 18.8. The lowest BCUT2D eigenvalue weighted by Gasteiger charge is -2.14. The van der Waals surface area contributed by atoms with E-state index in [0.29, 0.717) is 28.8 Å². The van der Waals surface area contributed by atoms with Crippen LogP contribution in [0.25, 0.3) is 0 Å². The molecule has 0 aliphatic carbocycles. The fourth-order valence-corrected chi connectivity index (χ4v) is 1.83. The zero-order valence-electron chi connectivity index (χ0n) is 11.9. The monoisotopic (exact) mass is 310 g/mol. The maximum atomic E-state index is 13.2. The summed E-state index contributed by atoms with van der Waals surface area (Å²) in [4.78, 5) is 8.67. The van der Waals surface area contributed by atoms with Gasteiger partial charge < -0.3 is 10.2 Å². The molecular formula is C14H16ClFN4O. The second-order valence-corrected chi connectivity index (χ2v) is 5.24. The zero-order valence-corrected chi connectivity index (χ0v) is 12.7. The number of hydrogen-bond acceptors (Lipinski definition) is 5. The van der Waals surface area contributed by atoms with Gasteiger partial charge in [0.1, 0.15) is 17.4 Å². The molecule has 1 aromatic carbocycles. The summed E-state index contributed by atoms with van der Waals surface area (Å²) in [5.74, 6) is 6.88. The Labute approximate surface area is 127 Å². The molecule has 0 fully saturated rings. The molecule has 2 aromatic rings. The number of aromatic nitrogens is 2. The molecule has 0 aliphatic heterocycles. The molecule has 1 aromatic heterocycles. The SMILES string of the molecule is Cc1c(NN)nc(C(C)C)nc1Oc1ccc(F)c(Cl)c1. The van der Waals surface area contributed by atoms with Crippen LogP contribution < -0.4 is 16.0 Å². The van der Waals surface area contributed by atoms with Crippen molar-refractivity contribution in [1.82, 2.24) is 9.97 Å². The normalized spacial score (nSPS) is 10.8. The van der Waals surface area contributed by atoms with Crippen LogP contribution in [0, 0.1) is 12.7 Å². The van der Waals surface area contributed by atoms with Crippen molar-refractivity contribution in [2.75, 3.05) is 5.43 Å². The number of hydrogen-bond donors (Lipinski definition) is 2. The number of ether oxygens (including phenoxy) is 1. The van der Waals surface area contributed by atoms with Crippen LogP contribution in [0.15, 0.2) is 18.2 Å². The number of nitrogens with one attached hydrogen (secondary N) is 1. The summed E-state index contributed by atoms with van der Waals surface area (Å²) in [7, 11) is 0. The van der Waals surface area contributed by atoms with Gasteiger partial charge in [0.2, 0.25) is 5.88 Å². The van der Waals surface area contributed by atoms with Crippen LogP contribution in [0.1, 0.15) is 31.2 Å². The Morgan fingerprint density at radius 3 is 2.62 bits per heavy atom. The van der Waals surface area contributed by atoms with Crippen LogP contribution in [0.3, 0.4) is 0 Å². The van der Waals surface area contributed by atoms with Crippen LogP contribution >= 0.6 is 11.6 Å². The number of halogens is 2. The van der Waals surface area contributed by atoms with Crippen molar-refractivity contribution in [2.45, 2.75) is 26.7 Å². The second-order valence-electron chi connectivity index (χ2n) is 4.84. The minimum atomic E-state index is -0.504. The average molecular weight is 311 g/mol. The molecule has 0 radical (unpaired) electrons. The predicted octanol–water partition coefficient (Wildman–Crippen LogP) is 3.78. The Bertz CT molecular complexity index is 664. The van der Waals surface area contributed by atoms with E-state index in [4.69, 9.17) is 22.2 Å². The fraction of sp³-hybridized carbons (Fsp3) is 0.286. The molecule has 0 amide bonds. The highest BCUT2D eigenvalue weighted by molar-refractivity contribution is 6.30. The molecule has 21 heavy (non-hydrogen) atoms. The number of hydrazine groups is 1. The molecule has 0 aliphatic rings. The molecule has 0 bridgehead atoms. The smallest absolute Gasteiger partial charge is 0.227 e. The molecule has 2 rings (SSSR count). The summed E-state index contributed by atoms with van der Waals surface area (Å²) in [5, 5.41) is -0.0135. The molecule has 3 N–H and O–H groups in total. The van der Waals surface area contributed by atoms with Crippen LogP contribution in [-0.2, 0) is 0 Å². The zero-order chi connectivity index (χ0) is 15.6. The van der Waals surface area contributed by atoms with Gasteiger partial charge in [0, 0.05) is 12.0 Å². The number of nitrogen functional groups attached to an aromatic ring is 1. The minimum Gasteiger partial charge on any atom is -0.438 e. The van der Waals surface area contributed by atoms with E-state index in [0.717, 1.165) is 0 Å². The fourth-order valence-electron chi connectivity index (χ4n) is 1.66. The summed E-state index contributed by atoms with van der Waals surface area (Å²) in [6, 6.07) is 4.11. The maximum Gasteiger partial charge on any atom is 0.227 e. The van der Waals surface area contributed by atoms with Crippen LogP contribution in [-0.4, -0.2) is 9.97 Å². The van der Waals surface area contributed by atoms with Crippen molar-refractivity contribution in [3.05, 3.63) is 40.4 Å². The first-order chi connectivity index (χ1) is 9.92. The van der Waals surface area contributed by atoms with Crippen LogP contribution in [0.5, 0.6) is 11.6 Å². The highest BCUT2D eigenvalue weighted by Gasteiger charge is 2.15. The van der Waals surface area contributed by atoms with Gasteiger partial charge in [0.15, 0.2) is 5.82 Å². The van der Waals surface area contributed by atoms with Crippen molar-refractivity contribution in [3.63, 3.8) is 0 Å². The van der Waals surface area contributed by atoms with Gasteiger partial charge >= 0.3 is 0 Å². The molecule has 7 heteroatoms. The Kier molecular flexibility index (Phi) is 4.59. The summed E-state index contributed by atoms with van der Waals surface area (Å²) in [6.45, 7) is 5.70. The Morgan fingerprint density at radius 2 is 2.05 bits per heavy atom. The maximum absolute atomic E-state index is 13.2. The van der Waals surface area contributed by atoms with E-state index in [1.165, 1.54) is 18.2 Å². The largest absolute Gasteiger partial charge is 0.438 e. The molecule has 112 valence electrons. The summed E-state index contributed by atoms with van der Waals surface area (Å²) in [6.07, 6.45) is 0. The van der Waals surface area contributed by atoms with E-state index in [1.807, 2.05) is 13.8 Å². The molecule has 0 atom stereocenters. The van der Waals surface area contributed by atoms with E-state index in [2.05, 4.69) is 15.4 Å². The first-order valence-corrected chi connectivity index (χ1v) is 6.78. The third-order valence-corrected chi connectivity index (χ3v) is 3.17. The number of anilines is 1. The van der Waals surface area contributed by atoms with E-state index in [9.17, 15) is 4.39 Å². The van der Waals surface area contributed by atoms with Gasteiger partial charge in [-0.25, -0.2) is 15.2 Å². The molecular weight excluding hydrogens is 295 g/mol. The van der Waals surface area contributed by atoms with Gasteiger partial charge in [-0.15, -0.1) is 0 Å². The third kappa shape index (κ3) is 3.40. The lowest BCUT2D eigenvalue weighted by atomic mass is 10.2. The average Bonchev–Trinajstić information content (AvgIpc) is 2.44. The van der Waals surface area contributed by atoms with Crippen molar-refractivity contribution in [1.29, 1.82) is 0 Å². The molecule has 0 saturated carbocycles. The quantitative estimate of drug-likeness (QED) is 0.664. The van der Waals surface area contributed by atoms with E-state index in [1.54, 1.807) is 6.92 Å². The number of rotatable bonds is 4. The van der Waals surface area contributed by atoms with Crippen molar-refractivity contribution in [2.24, 2.45) is 5.84 Å². The van der Waals surface area contributed by atoms with Gasteiger partial charge in [-0.05, 0) is 19.1 Å². The number of nitrogens with zero attached hydrogens (tertiary/aromatic N) is 2. The lowest BCUT2D eigenvalue weighted by molar-refractivity contribution is 0.451. The third-order valence-electron chi connectivity index (χ3n) is 2.88. The van der Waals surface area contributed by atoms with Gasteiger partial charge in [0.05, 0.1) is 10.6 Å². The van der Waals surface area contributed by atoms with Crippen molar-refractivity contribution >= 4 is 17.4 Å². The highest BCUT2D eigenvalue weighted by Crippen LogP contribution is 2.30. The highest BCUT2D eigenvalue weighted by atomic mass is 35.5. The standard InChI is InChI=1S/C14H16ClFN4O/c1-7(2)12-18-13(20-17)8(3)14(19-12)21-9-4-5-11(16)10(15)6-9/h4-7H,17H2,1-3H3,(H,18,19,20). The Morgan fingerprint density at radius 1 is 1.33 bits per heavy atom. The van der Waals surface area contributed by atoms with Gasteiger partial charge in [-0.1, -0.05) is 25.4 Å². The molecule has 0 saturated heterocycles. The van der Waals surface area contributed by atoms with Gasteiger partial charge in [-0.3, -0.25) is 0 Å².